The highest BCUT2D eigenvalue weighted by molar-refractivity contribution is 8.13. The summed E-state index contributed by atoms with van der Waals surface area (Å²) in [7, 11) is 0. The molecular weight excluding hydrogens is 270 g/mol. The van der Waals surface area contributed by atoms with Crippen molar-refractivity contribution in [2.24, 2.45) is 5.92 Å². The fourth-order valence-corrected chi connectivity index (χ4v) is 3.32. The molecule has 104 valence electrons. The van der Waals surface area contributed by atoms with Gasteiger partial charge >= 0.3 is 0 Å². The van der Waals surface area contributed by atoms with Crippen molar-refractivity contribution in [3.8, 4) is 0 Å². The Balaban J connectivity index is 0.000000357. The van der Waals surface area contributed by atoms with Gasteiger partial charge in [0.15, 0.2) is 10.2 Å². The van der Waals surface area contributed by atoms with Crippen LogP contribution in [0, 0.1) is 5.92 Å². The summed E-state index contributed by atoms with van der Waals surface area (Å²) in [6.45, 7) is 5.96. The lowest BCUT2D eigenvalue weighted by Crippen LogP contribution is -2.60. The predicted molar refractivity (Wildman–Crippen MR) is 76.9 cm³/mol. The summed E-state index contributed by atoms with van der Waals surface area (Å²) in [5.41, 5.74) is -0.604. The molecule has 2 bridgehead atoms. The van der Waals surface area contributed by atoms with Crippen LogP contribution in [0.4, 0.5) is 0 Å². The van der Waals surface area contributed by atoms with E-state index in [0.717, 1.165) is 32.5 Å². The fourth-order valence-electron chi connectivity index (χ4n) is 2.53. The second-order valence-corrected chi connectivity index (χ2v) is 6.74. The number of carbonyl (C=O) groups excluding carboxylic acids is 2. The number of hydrogen-bond donors (Lipinski definition) is 2. The molecule has 0 saturated carbocycles. The van der Waals surface area contributed by atoms with Crippen LogP contribution in [0.1, 0.15) is 26.7 Å². The third-order valence-electron chi connectivity index (χ3n) is 3.37. The van der Waals surface area contributed by atoms with E-state index in [1.54, 1.807) is 6.92 Å². The second-order valence-electron chi connectivity index (χ2n) is 4.95. The van der Waals surface area contributed by atoms with Gasteiger partial charge in [0.05, 0.1) is 5.60 Å². The third kappa shape index (κ3) is 4.91. The van der Waals surface area contributed by atoms with E-state index < -0.39 is 5.60 Å². The number of thiol groups is 1. The van der Waals surface area contributed by atoms with Crippen LogP contribution >= 0.6 is 24.4 Å². The number of aliphatic hydroxyl groups is 1. The maximum Gasteiger partial charge on any atom is 0.185 e. The van der Waals surface area contributed by atoms with E-state index in [1.807, 2.05) is 0 Å². The average Bonchev–Trinajstić information content (AvgIpc) is 2.27. The molecule has 1 atom stereocenters. The van der Waals surface area contributed by atoms with Crippen molar-refractivity contribution in [3.05, 3.63) is 0 Å². The molecule has 3 aliphatic heterocycles. The Labute approximate surface area is 118 Å². The van der Waals surface area contributed by atoms with Gasteiger partial charge in [-0.2, -0.15) is 0 Å². The molecule has 0 amide bonds. The van der Waals surface area contributed by atoms with Crippen molar-refractivity contribution in [2.75, 3.05) is 25.4 Å². The largest absolute Gasteiger partial charge is 0.387 e. The Morgan fingerprint density at radius 3 is 2.22 bits per heavy atom. The van der Waals surface area contributed by atoms with Gasteiger partial charge < -0.3 is 10.0 Å². The van der Waals surface area contributed by atoms with Crippen LogP contribution in [0.2, 0.25) is 0 Å². The van der Waals surface area contributed by atoms with Gasteiger partial charge in [0.1, 0.15) is 0 Å². The van der Waals surface area contributed by atoms with Crippen LogP contribution in [0.3, 0.4) is 0 Å². The van der Waals surface area contributed by atoms with Gasteiger partial charge in [0.25, 0.3) is 0 Å². The van der Waals surface area contributed by atoms with Crippen molar-refractivity contribution in [1.82, 2.24) is 4.90 Å². The van der Waals surface area contributed by atoms with E-state index in [2.05, 4.69) is 17.5 Å². The molecule has 3 aliphatic rings. The topological polar surface area (TPSA) is 57.6 Å². The van der Waals surface area contributed by atoms with Crippen molar-refractivity contribution >= 4 is 34.6 Å². The van der Waals surface area contributed by atoms with Crippen LogP contribution in [-0.4, -0.2) is 51.2 Å². The molecule has 0 aromatic heterocycles. The minimum absolute atomic E-state index is 0.106. The molecule has 0 aromatic rings. The molecule has 3 saturated heterocycles. The van der Waals surface area contributed by atoms with Crippen molar-refractivity contribution in [3.63, 3.8) is 0 Å². The van der Waals surface area contributed by atoms with Gasteiger partial charge in [-0.15, -0.1) is 12.6 Å². The summed E-state index contributed by atoms with van der Waals surface area (Å²) >= 11 is 4.59. The molecule has 0 radical (unpaired) electrons. The third-order valence-corrected chi connectivity index (χ3v) is 4.42. The standard InChI is InChI=1S/C10H17NO2S.C2H4OS/c1-8(12)14-7-10(13)6-11-4-2-9(10)3-5-11;1-2(3)4/h9,13H,2-7H2,1H3;1H3,(H,3,4). The van der Waals surface area contributed by atoms with E-state index in [9.17, 15) is 14.7 Å². The lowest BCUT2D eigenvalue weighted by molar-refractivity contribution is -0.110. The first-order valence-electron chi connectivity index (χ1n) is 6.11. The smallest absolute Gasteiger partial charge is 0.185 e. The second kappa shape index (κ2) is 6.93. The van der Waals surface area contributed by atoms with Gasteiger partial charge in [-0.25, -0.2) is 0 Å². The quantitative estimate of drug-likeness (QED) is 0.748. The summed E-state index contributed by atoms with van der Waals surface area (Å²) in [6.07, 6.45) is 2.18. The zero-order valence-electron chi connectivity index (χ0n) is 10.9. The molecule has 3 heterocycles. The minimum atomic E-state index is -0.604. The van der Waals surface area contributed by atoms with Crippen molar-refractivity contribution < 1.29 is 14.7 Å². The first-order chi connectivity index (χ1) is 8.33. The monoisotopic (exact) mass is 291 g/mol. The maximum atomic E-state index is 10.9. The predicted octanol–water partition coefficient (Wildman–Crippen LogP) is 1.19. The van der Waals surface area contributed by atoms with Gasteiger partial charge in [-0.05, 0) is 31.8 Å². The zero-order valence-corrected chi connectivity index (χ0v) is 12.6. The van der Waals surface area contributed by atoms with Gasteiger partial charge in [0, 0.05) is 26.1 Å². The number of thioether (sulfide) groups is 1. The Morgan fingerprint density at radius 1 is 1.39 bits per heavy atom. The van der Waals surface area contributed by atoms with E-state index in [0.29, 0.717) is 11.7 Å². The molecule has 1 unspecified atom stereocenters. The van der Waals surface area contributed by atoms with Gasteiger partial charge in [-0.3, -0.25) is 9.59 Å². The molecule has 4 nitrogen and oxygen atoms in total. The summed E-state index contributed by atoms with van der Waals surface area (Å²) in [4.78, 5) is 22.5. The number of fused-ring (bicyclic) bond motifs is 3. The van der Waals surface area contributed by atoms with Gasteiger partial charge in [0.2, 0.25) is 0 Å². The zero-order chi connectivity index (χ0) is 13.8. The molecule has 0 aliphatic carbocycles. The van der Waals surface area contributed by atoms with E-state index in [1.165, 1.54) is 18.7 Å². The van der Waals surface area contributed by atoms with Crippen molar-refractivity contribution in [1.29, 1.82) is 0 Å². The highest BCUT2D eigenvalue weighted by Crippen LogP contribution is 2.37. The summed E-state index contributed by atoms with van der Waals surface area (Å²) in [6, 6.07) is 0. The molecule has 0 aromatic carbocycles. The first kappa shape index (κ1) is 16.0. The molecule has 3 rings (SSSR count). The number of carbonyl (C=O) groups is 2. The van der Waals surface area contributed by atoms with Crippen LogP contribution in [0.15, 0.2) is 0 Å². The normalized spacial score (nSPS) is 33.6. The molecule has 1 N–H and O–H groups in total. The van der Waals surface area contributed by atoms with E-state index in [-0.39, 0.29) is 10.2 Å². The molecule has 6 heteroatoms. The van der Waals surface area contributed by atoms with Crippen molar-refractivity contribution in [2.45, 2.75) is 32.3 Å². The van der Waals surface area contributed by atoms with E-state index >= 15 is 0 Å². The van der Waals surface area contributed by atoms with Gasteiger partial charge in [-0.1, -0.05) is 11.8 Å². The maximum absolute atomic E-state index is 10.9. The van der Waals surface area contributed by atoms with Crippen LogP contribution in [0.25, 0.3) is 0 Å². The summed E-state index contributed by atoms with van der Waals surface area (Å²) < 4.78 is 0. The van der Waals surface area contributed by atoms with Crippen LogP contribution in [-0.2, 0) is 9.59 Å². The van der Waals surface area contributed by atoms with Crippen LogP contribution in [0.5, 0.6) is 0 Å². The lowest BCUT2D eigenvalue weighted by atomic mass is 9.76. The summed E-state index contributed by atoms with van der Waals surface area (Å²) in [5, 5.41) is 10.4. The Bertz CT molecular complexity index is 312. The average molecular weight is 291 g/mol. The molecule has 18 heavy (non-hydrogen) atoms. The Kier molecular flexibility index (Phi) is 6.17. The SMILES string of the molecule is CC(=O)S.CC(=O)SCC1(O)CN2CCC1CC2. The number of hydrogen-bond acceptors (Lipinski definition) is 5. The number of rotatable bonds is 2. The van der Waals surface area contributed by atoms with Crippen LogP contribution < -0.4 is 0 Å². The van der Waals surface area contributed by atoms with E-state index in [4.69, 9.17) is 0 Å². The molecule has 0 spiro atoms. The fraction of sp³-hybridized carbons (Fsp3) is 0.833. The Morgan fingerprint density at radius 2 is 1.89 bits per heavy atom. The number of piperidine rings is 3. The molecular formula is C12H21NO3S2. The highest BCUT2D eigenvalue weighted by atomic mass is 32.2. The first-order valence-corrected chi connectivity index (χ1v) is 7.54. The lowest BCUT2D eigenvalue weighted by Gasteiger charge is -2.50. The molecule has 3 fully saturated rings. The number of nitrogens with zero attached hydrogens (tertiary/aromatic N) is 1. The minimum Gasteiger partial charge on any atom is -0.387 e. The highest BCUT2D eigenvalue weighted by Gasteiger charge is 2.45. The summed E-state index contributed by atoms with van der Waals surface area (Å²) in [5.74, 6) is 0.989. The Hall–Kier alpha value is -0.0400.